The molecule has 3 aromatic rings. The number of nitrogens with one attached hydrogen (secondary N) is 1. The van der Waals surface area contributed by atoms with Gasteiger partial charge in [0, 0.05) is 58.5 Å². The van der Waals surface area contributed by atoms with Crippen molar-refractivity contribution in [2.75, 3.05) is 45.2 Å². The third-order valence-electron chi connectivity index (χ3n) is 5.21. The maximum Gasteiger partial charge on any atom is 0.272 e. The van der Waals surface area contributed by atoms with Crippen molar-refractivity contribution in [3.8, 4) is 0 Å². The Labute approximate surface area is 159 Å². The van der Waals surface area contributed by atoms with E-state index < -0.39 is 0 Å². The number of hydrogen-bond acceptors (Lipinski definition) is 4. The zero-order valence-electron chi connectivity index (χ0n) is 15.9. The predicted molar refractivity (Wildman–Crippen MR) is 108 cm³/mol. The van der Waals surface area contributed by atoms with E-state index in [1.807, 2.05) is 42.2 Å². The van der Waals surface area contributed by atoms with Crippen molar-refractivity contribution in [2.24, 2.45) is 0 Å². The van der Waals surface area contributed by atoms with Crippen LogP contribution in [0.15, 0.2) is 48.8 Å². The summed E-state index contributed by atoms with van der Waals surface area (Å²) in [6.07, 6.45) is 3.74. The van der Waals surface area contributed by atoms with Crippen LogP contribution in [0.25, 0.3) is 10.9 Å². The number of aromatic amines is 1. The minimum Gasteiger partial charge on any atom is -0.376 e. The molecule has 3 heterocycles. The molecule has 2 aromatic heterocycles. The molecule has 1 aromatic carbocycles. The standard InChI is InChI=1S/C21H25N5O/c1-24(2)18-6-7-19(23-14-18)21(27)26-12-10-25(11-13-26)15-17-5-3-4-16-8-9-22-20(16)17/h3-9,14,22H,10-13,15H2,1-2H3. The SMILES string of the molecule is CN(C)c1ccc(C(=O)N2CCN(Cc3cccc4cc[nH]c34)CC2)nc1. The number of carbonyl (C=O) groups is 1. The number of rotatable bonds is 4. The number of fused-ring (bicyclic) bond motifs is 1. The zero-order valence-corrected chi connectivity index (χ0v) is 15.9. The summed E-state index contributed by atoms with van der Waals surface area (Å²) in [5, 5.41) is 1.24. The van der Waals surface area contributed by atoms with Crippen molar-refractivity contribution in [3.05, 3.63) is 60.0 Å². The van der Waals surface area contributed by atoms with E-state index in [0.717, 1.165) is 38.4 Å². The lowest BCUT2D eigenvalue weighted by molar-refractivity contribution is 0.0623. The normalized spacial score (nSPS) is 15.3. The van der Waals surface area contributed by atoms with Gasteiger partial charge in [-0.15, -0.1) is 0 Å². The van der Waals surface area contributed by atoms with Gasteiger partial charge in [-0.05, 0) is 29.1 Å². The molecule has 1 N–H and O–H groups in total. The van der Waals surface area contributed by atoms with Gasteiger partial charge in [0.05, 0.1) is 11.9 Å². The summed E-state index contributed by atoms with van der Waals surface area (Å²) in [5.41, 5.74) is 4.03. The lowest BCUT2D eigenvalue weighted by atomic mass is 10.1. The van der Waals surface area contributed by atoms with E-state index in [-0.39, 0.29) is 5.91 Å². The van der Waals surface area contributed by atoms with Crippen LogP contribution in [-0.2, 0) is 6.54 Å². The predicted octanol–water partition coefficient (Wildman–Crippen LogP) is 2.59. The zero-order chi connectivity index (χ0) is 18.8. The fraction of sp³-hybridized carbons (Fsp3) is 0.333. The average molecular weight is 363 g/mol. The summed E-state index contributed by atoms with van der Waals surface area (Å²) in [6, 6.07) is 12.3. The second kappa shape index (κ2) is 7.40. The number of piperazine rings is 1. The molecule has 1 aliphatic rings. The molecule has 6 nitrogen and oxygen atoms in total. The van der Waals surface area contributed by atoms with Crippen LogP contribution in [0, 0.1) is 0 Å². The summed E-state index contributed by atoms with van der Waals surface area (Å²) < 4.78 is 0. The summed E-state index contributed by atoms with van der Waals surface area (Å²) in [7, 11) is 3.93. The lowest BCUT2D eigenvalue weighted by Gasteiger charge is -2.34. The van der Waals surface area contributed by atoms with Gasteiger partial charge in [-0.2, -0.15) is 0 Å². The number of pyridine rings is 1. The van der Waals surface area contributed by atoms with Gasteiger partial charge in [0.25, 0.3) is 5.91 Å². The van der Waals surface area contributed by atoms with Crippen LogP contribution >= 0.6 is 0 Å². The number of amides is 1. The first-order chi connectivity index (χ1) is 13.1. The summed E-state index contributed by atoms with van der Waals surface area (Å²) >= 11 is 0. The number of H-pyrrole nitrogens is 1. The molecule has 0 bridgehead atoms. The van der Waals surface area contributed by atoms with Crippen LogP contribution in [-0.4, -0.2) is 65.9 Å². The minimum atomic E-state index is 0.0198. The number of anilines is 1. The molecule has 0 spiro atoms. The first-order valence-electron chi connectivity index (χ1n) is 9.32. The molecular weight excluding hydrogens is 338 g/mol. The van der Waals surface area contributed by atoms with Gasteiger partial charge in [0.2, 0.25) is 0 Å². The highest BCUT2D eigenvalue weighted by Crippen LogP contribution is 2.19. The van der Waals surface area contributed by atoms with Gasteiger partial charge < -0.3 is 14.8 Å². The molecular formula is C21H25N5O. The second-order valence-corrected chi connectivity index (χ2v) is 7.22. The van der Waals surface area contributed by atoms with Crippen LogP contribution in [0.5, 0.6) is 0 Å². The van der Waals surface area contributed by atoms with E-state index in [0.29, 0.717) is 5.69 Å². The Hall–Kier alpha value is -2.86. The molecule has 4 rings (SSSR count). The Morgan fingerprint density at radius 2 is 1.93 bits per heavy atom. The Bertz CT molecular complexity index is 923. The highest BCUT2D eigenvalue weighted by Gasteiger charge is 2.23. The van der Waals surface area contributed by atoms with Crippen molar-refractivity contribution in [1.29, 1.82) is 0 Å². The summed E-state index contributed by atoms with van der Waals surface area (Å²) in [5.74, 6) is 0.0198. The topological polar surface area (TPSA) is 55.5 Å². The fourth-order valence-corrected chi connectivity index (χ4v) is 3.57. The van der Waals surface area contributed by atoms with Gasteiger partial charge in [-0.1, -0.05) is 18.2 Å². The van der Waals surface area contributed by atoms with Crippen molar-refractivity contribution in [1.82, 2.24) is 19.8 Å². The molecule has 1 saturated heterocycles. The lowest BCUT2D eigenvalue weighted by Crippen LogP contribution is -2.48. The van der Waals surface area contributed by atoms with Gasteiger partial charge in [-0.3, -0.25) is 9.69 Å². The van der Waals surface area contributed by atoms with E-state index in [1.54, 1.807) is 6.20 Å². The number of para-hydroxylation sites is 1. The Morgan fingerprint density at radius 3 is 2.63 bits per heavy atom. The van der Waals surface area contributed by atoms with E-state index >= 15 is 0 Å². The Balaban J connectivity index is 1.37. The largest absolute Gasteiger partial charge is 0.376 e. The smallest absolute Gasteiger partial charge is 0.272 e. The monoisotopic (exact) mass is 363 g/mol. The maximum atomic E-state index is 12.7. The van der Waals surface area contributed by atoms with Crippen LogP contribution < -0.4 is 4.90 Å². The number of benzene rings is 1. The minimum absolute atomic E-state index is 0.0198. The summed E-state index contributed by atoms with van der Waals surface area (Å²) in [6.45, 7) is 4.11. The van der Waals surface area contributed by atoms with Gasteiger partial charge >= 0.3 is 0 Å². The first kappa shape index (κ1) is 17.5. The van der Waals surface area contributed by atoms with E-state index in [2.05, 4.69) is 39.1 Å². The summed E-state index contributed by atoms with van der Waals surface area (Å²) in [4.78, 5) is 26.7. The average Bonchev–Trinajstić information content (AvgIpc) is 3.18. The van der Waals surface area contributed by atoms with Crippen molar-refractivity contribution in [2.45, 2.75) is 6.54 Å². The number of aromatic nitrogens is 2. The van der Waals surface area contributed by atoms with E-state index in [4.69, 9.17) is 0 Å². The third-order valence-corrected chi connectivity index (χ3v) is 5.21. The van der Waals surface area contributed by atoms with Crippen molar-refractivity contribution >= 4 is 22.5 Å². The van der Waals surface area contributed by atoms with Crippen molar-refractivity contribution in [3.63, 3.8) is 0 Å². The highest BCUT2D eigenvalue weighted by molar-refractivity contribution is 5.92. The number of carbonyl (C=O) groups excluding carboxylic acids is 1. The van der Waals surface area contributed by atoms with Crippen LogP contribution in [0.2, 0.25) is 0 Å². The quantitative estimate of drug-likeness (QED) is 0.774. The molecule has 1 amide bonds. The third kappa shape index (κ3) is 3.66. The van der Waals surface area contributed by atoms with Gasteiger partial charge in [0.15, 0.2) is 0 Å². The highest BCUT2D eigenvalue weighted by atomic mass is 16.2. The molecule has 1 aliphatic heterocycles. The molecule has 27 heavy (non-hydrogen) atoms. The van der Waals surface area contributed by atoms with Crippen LogP contribution in [0.3, 0.4) is 0 Å². The maximum absolute atomic E-state index is 12.7. The van der Waals surface area contributed by atoms with Gasteiger partial charge in [-0.25, -0.2) is 4.98 Å². The molecule has 0 aliphatic carbocycles. The number of nitrogens with zero attached hydrogens (tertiary/aromatic N) is 4. The molecule has 0 radical (unpaired) electrons. The molecule has 6 heteroatoms. The van der Waals surface area contributed by atoms with E-state index in [1.165, 1.54) is 16.5 Å². The second-order valence-electron chi connectivity index (χ2n) is 7.22. The molecule has 0 saturated carbocycles. The van der Waals surface area contributed by atoms with Gasteiger partial charge in [0.1, 0.15) is 5.69 Å². The molecule has 140 valence electrons. The van der Waals surface area contributed by atoms with Crippen LogP contribution in [0.4, 0.5) is 5.69 Å². The Kier molecular flexibility index (Phi) is 4.81. The first-order valence-corrected chi connectivity index (χ1v) is 9.32. The fourth-order valence-electron chi connectivity index (χ4n) is 3.57. The Morgan fingerprint density at radius 1 is 1.11 bits per heavy atom. The van der Waals surface area contributed by atoms with E-state index in [9.17, 15) is 4.79 Å². The molecule has 1 fully saturated rings. The van der Waals surface area contributed by atoms with Crippen LogP contribution in [0.1, 0.15) is 16.1 Å². The molecule has 0 atom stereocenters. The van der Waals surface area contributed by atoms with Crippen molar-refractivity contribution < 1.29 is 4.79 Å². The molecule has 0 unspecified atom stereocenters. The number of hydrogen-bond donors (Lipinski definition) is 1.